The van der Waals surface area contributed by atoms with Gasteiger partial charge in [-0.05, 0) is 59.4 Å². The molecule has 4 atom stereocenters. The average Bonchev–Trinajstić information content (AvgIpc) is 2.97. The summed E-state index contributed by atoms with van der Waals surface area (Å²) in [6.45, 7) is 17.7. The van der Waals surface area contributed by atoms with Gasteiger partial charge in [0.1, 0.15) is 6.79 Å². The van der Waals surface area contributed by atoms with Crippen LogP contribution in [0.1, 0.15) is 67.4 Å². The van der Waals surface area contributed by atoms with Crippen molar-refractivity contribution in [3.63, 3.8) is 0 Å². The van der Waals surface area contributed by atoms with Crippen molar-refractivity contribution < 1.29 is 23.5 Å². The Balaban J connectivity index is 1.79. The number of ether oxygens (including phenoxy) is 3. The van der Waals surface area contributed by atoms with E-state index < -0.39 is 0 Å². The zero-order valence-corrected chi connectivity index (χ0v) is 22.7. The molecule has 0 radical (unpaired) electrons. The third-order valence-electron chi connectivity index (χ3n) is 6.84. The van der Waals surface area contributed by atoms with Crippen LogP contribution >= 0.6 is 0 Å². The Bertz CT molecular complexity index is 773. The Hall–Kier alpha value is -1.44. The summed E-state index contributed by atoms with van der Waals surface area (Å²) < 4.78 is 29.5. The minimum Gasteiger partial charge on any atom is -0.400 e. The predicted octanol–water partition coefficient (Wildman–Crippen LogP) is 6.38. The van der Waals surface area contributed by atoms with Gasteiger partial charge in [0.2, 0.25) is 0 Å². The average molecular weight is 472 g/mol. The summed E-state index contributed by atoms with van der Waals surface area (Å²) in [5, 5.41) is 0. The van der Waals surface area contributed by atoms with Gasteiger partial charge in [-0.15, -0.1) is 0 Å². The van der Waals surface area contributed by atoms with Crippen LogP contribution in [-0.2, 0) is 30.1 Å². The lowest BCUT2D eigenvalue weighted by Gasteiger charge is -2.32. The molecule has 1 heterocycles. The molecule has 0 aromatic heterocycles. The van der Waals surface area contributed by atoms with Crippen molar-refractivity contribution >= 4 is 7.12 Å². The Morgan fingerprint density at radius 2 is 1.65 bits per heavy atom. The Labute approximate surface area is 208 Å². The van der Waals surface area contributed by atoms with Crippen molar-refractivity contribution in [1.82, 2.24) is 0 Å². The highest BCUT2D eigenvalue weighted by atomic mass is 16.7. The van der Waals surface area contributed by atoms with Crippen molar-refractivity contribution in [3.05, 3.63) is 59.6 Å². The van der Waals surface area contributed by atoms with Crippen LogP contribution in [0.4, 0.5) is 0 Å². The molecule has 0 unspecified atom stereocenters. The van der Waals surface area contributed by atoms with E-state index in [0.29, 0.717) is 12.5 Å². The molecule has 34 heavy (non-hydrogen) atoms. The molecule has 0 saturated carbocycles. The molecule has 0 amide bonds. The monoisotopic (exact) mass is 472 g/mol. The van der Waals surface area contributed by atoms with E-state index in [1.807, 2.05) is 43.2 Å². The zero-order valence-electron chi connectivity index (χ0n) is 22.7. The summed E-state index contributed by atoms with van der Waals surface area (Å²) in [5.41, 5.74) is 1.84. The maximum atomic E-state index is 6.06. The molecule has 0 bridgehead atoms. The van der Waals surface area contributed by atoms with Crippen LogP contribution in [0.2, 0.25) is 0 Å². The summed E-state index contributed by atoms with van der Waals surface area (Å²) in [6, 6.07) is 10.1. The van der Waals surface area contributed by atoms with E-state index in [1.54, 1.807) is 7.11 Å². The van der Waals surface area contributed by atoms with Crippen LogP contribution < -0.4 is 0 Å². The van der Waals surface area contributed by atoms with E-state index >= 15 is 0 Å². The molecule has 1 saturated heterocycles. The Morgan fingerprint density at radius 1 is 1.03 bits per heavy atom. The van der Waals surface area contributed by atoms with E-state index in [9.17, 15) is 0 Å². The lowest BCUT2D eigenvalue weighted by Crippen LogP contribution is -2.41. The number of hydrogen-bond acceptors (Lipinski definition) is 5. The topological polar surface area (TPSA) is 46.2 Å². The fourth-order valence-corrected chi connectivity index (χ4v) is 4.25. The molecule has 0 aliphatic carbocycles. The van der Waals surface area contributed by atoms with Gasteiger partial charge in [-0.3, -0.25) is 0 Å². The van der Waals surface area contributed by atoms with E-state index in [2.05, 4.69) is 60.6 Å². The fourth-order valence-electron chi connectivity index (χ4n) is 4.25. The molecule has 1 aromatic rings. The smallest absolute Gasteiger partial charge is 0.400 e. The van der Waals surface area contributed by atoms with Crippen molar-refractivity contribution in [1.29, 1.82) is 0 Å². The first-order valence-corrected chi connectivity index (χ1v) is 12.4. The van der Waals surface area contributed by atoms with E-state index in [-0.39, 0.29) is 43.2 Å². The first-order valence-electron chi connectivity index (χ1n) is 12.4. The molecule has 0 spiro atoms. The molecular weight excluding hydrogens is 427 g/mol. The lowest BCUT2D eigenvalue weighted by atomic mass is 9.86. The van der Waals surface area contributed by atoms with Crippen LogP contribution in [0.15, 0.2) is 54.0 Å². The van der Waals surface area contributed by atoms with Crippen LogP contribution in [0.3, 0.4) is 0 Å². The quantitative estimate of drug-likeness (QED) is 0.144. The molecule has 0 N–H and O–H groups in total. The number of allylic oxidation sites excluding steroid dienone is 2. The number of methoxy groups -OCH3 is 1. The van der Waals surface area contributed by atoms with Crippen molar-refractivity contribution in [2.24, 2.45) is 11.8 Å². The molecule has 1 aliphatic rings. The SMILES string of the molecule is CO[C@H]([C@@H](C)/C=C(\C)C[C@H](C)/C=C/B1OC(C)(C)C(C)(C)O1)[C@@H](C)OCOCc1ccccc1. The summed E-state index contributed by atoms with van der Waals surface area (Å²) in [5.74, 6) is 2.64. The number of hydrogen-bond donors (Lipinski definition) is 0. The second-order valence-corrected chi connectivity index (χ2v) is 10.6. The molecule has 6 heteroatoms. The van der Waals surface area contributed by atoms with Crippen molar-refractivity contribution in [2.75, 3.05) is 13.9 Å². The van der Waals surface area contributed by atoms with E-state index in [0.717, 1.165) is 12.0 Å². The van der Waals surface area contributed by atoms with Crippen LogP contribution in [-0.4, -0.2) is 44.4 Å². The van der Waals surface area contributed by atoms with E-state index in [1.165, 1.54) is 5.57 Å². The van der Waals surface area contributed by atoms with E-state index in [4.69, 9.17) is 23.5 Å². The summed E-state index contributed by atoms with van der Waals surface area (Å²) >= 11 is 0. The lowest BCUT2D eigenvalue weighted by molar-refractivity contribution is -0.135. The van der Waals surface area contributed by atoms with Crippen LogP contribution in [0.25, 0.3) is 0 Å². The molecule has 5 nitrogen and oxygen atoms in total. The van der Waals surface area contributed by atoms with Crippen LogP contribution in [0.5, 0.6) is 0 Å². The first kappa shape index (κ1) is 28.8. The standard InChI is InChI=1S/C28H45BO5/c1-21(15-16-29-33-27(5,6)28(7,8)34-29)17-22(2)18-23(3)26(30-9)24(4)32-20-31-19-25-13-11-10-12-14-25/h10-16,18,21,23-24,26H,17,19-20H2,1-9H3/b16-15+,22-18+/t21-,23+,24-,26-/m1/s1. The number of benzene rings is 1. The van der Waals surface area contributed by atoms with Gasteiger partial charge in [0, 0.05) is 13.0 Å². The van der Waals surface area contributed by atoms with Crippen molar-refractivity contribution in [3.8, 4) is 0 Å². The minimum absolute atomic E-state index is 0.0501. The fraction of sp³-hybridized carbons (Fsp3) is 0.643. The van der Waals surface area contributed by atoms with Gasteiger partial charge in [-0.1, -0.05) is 67.9 Å². The van der Waals surface area contributed by atoms with Gasteiger partial charge >= 0.3 is 7.12 Å². The highest BCUT2D eigenvalue weighted by Gasteiger charge is 2.50. The van der Waals surface area contributed by atoms with Gasteiger partial charge in [0.25, 0.3) is 0 Å². The van der Waals surface area contributed by atoms with Crippen LogP contribution in [0, 0.1) is 11.8 Å². The normalized spacial score (nSPS) is 21.6. The third-order valence-corrected chi connectivity index (χ3v) is 6.84. The first-order chi connectivity index (χ1) is 15.9. The van der Waals surface area contributed by atoms with Gasteiger partial charge in [-0.2, -0.15) is 0 Å². The molecular formula is C28H45BO5. The van der Waals surface area contributed by atoms with Gasteiger partial charge in [0.05, 0.1) is 30.0 Å². The Kier molecular flexibility index (Phi) is 11.0. The highest BCUT2D eigenvalue weighted by molar-refractivity contribution is 6.51. The third kappa shape index (κ3) is 8.65. The summed E-state index contributed by atoms with van der Waals surface area (Å²) in [7, 11) is 1.45. The zero-order chi connectivity index (χ0) is 25.4. The maximum Gasteiger partial charge on any atom is 0.486 e. The second kappa shape index (κ2) is 13.0. The van der Waals surface area contributed by atoms with Gasteiger partial charge in [-0.25, -0.2) is 0 Å². The molecule has 190 valence electrons. The molecule has 2 rings (SSSR count). The second-order valence-electron chi connectivity index (χ2n) is 10.6. The molecule has 1 aliphatic heterocycles. The molecule has 1 fully saturated rings. The largest absolute Gasteiger partial charge is 0.486 e. The van der Waals surface area contributed by atoms with Crippen molar-refractivity contribution in [2.45, 2.75) is 91.8 Å². The highest BCUT2D eigenvalue weighted by Crippen LogP contribution is 2.37. The minimum atomic E-state index is -0.309. The predicted molar refractivity (Wildman–Crippen MR) is 139 cm³/mol. The number of rotatable bonds is 13. The van der Waals surface area contributed by atoms with Gasteiger partial charge in [0.15, 0.2) is 0 Å². The van der Waals surface area contributed by atoms with Gasteiger partial charge < -0.3 is 23.5 Å². The Morgan fingerprint density at radius 3 is 2.24 bits per heavy atom. The molecule has 1 aromatic carbocycles. The maximum absolute atomic E-state index is 6.06. The summed E-state index contributed by atoms with van der Waals surface area (Å²) in [4.78, 5) is 0. The summed E-state index contributed by atoms with van der Waals surface area (Å²) in [6.07, 6.45) is 5.31.